The number of hydrogen-bond acceptors (Lipinski definition) is 6. The largest absolute Gasteiger partial charge is 0.493 e. The summed E-state index contributed by atoms with van der Waals surface area (Å²) >= 11 is 0. The van der Waals surface area contributed by atoms with Gasteiger partial charge in [-0.15, -0.1) is 0 Å². The number of carbonyl (C=O) groups is 3. The molecule has 2 atom stereocenters. The number of esters is 1. The van der Waals surface area contributed by atoms with Crippen molar-refractivity contribution in [1.29, 1.82) is 0 Å². The molecule has 4 rings (SSSR count). The summed E-state index contributed by atoms with van der Waals surface area (Å²) in [6.07, 6.45) is -0.699. The van der Waals surface area contributed by atoms with Crippen LogP contribution in [0.5, 0.6) is 11.5 Å². The van der Waals surface area contributed by atoms with E-state index in [2.05, 4.69) is 5.32 Å². The molecule has 1 saturated heterocycles. The van der Waals surface area contributed by atoms with Crippen LogP contribution in [0.25, 0.3) is 0 Å². The summed E-state index contributed by atoms with van der Waals surface area (Å²) < 4.78 is 29.9. The molecule has 1 N–H and O–H groups in total. The number of likely N-dealkylation sites (tertiary alicyclic amines) is 1. The number of hydrogen-bond donors (Lipinski definition) is 1. The zero-order valence-corrected chi connectivity index (χ0v) is 17.2. The molecule has 2 aliphatic rings. The van der Waals surface area contributed by atoms with Gasteiger partial charge in [0, 0.05) is 17.7 Å². The number of rotatable bonds is 5. The number of aryl methyl sites for hydroxylation is 1. The lowest BCUT2D eigenvalue weighted by molar-refractivity contribution is -0.144. The molecule has 162 valence electrons. The van der Waals surface area contributed by atoms with Crippen molar-refractivity contribution in [1.82, 2.24) is 4.90 Å². The zero-order chi connectivity index (χ0) is 22.3. The van der Waals surface area contributed by atoms with Crippen molar-refractivity contribution in [2.24, 2.45) is 0 Å². The molecule has 2 heterocycles. The number of cyclic esters (lactones) is 1. The number of carbonyl (C=O) groups excluding carboxylic acids is 3. The first kappa shape index (κ1) is 20.6. The van der Waals surface area contributed by atoms with Gasteiger partial charge in [-0.3, -0.25) is 14.5 Å². The standard InChI is InChI=1S/C22H21FN2O6/c1-11-4-5-12(10-14(11)23)24-20(27)15-7-9-17(26)25(15)21-13-6-8-16(29-2)19(30-3)18(13)22(28)31-21/h4-6,8,10,15,21H,7,9H2,1-3H3,(H,24,27). The van der Waals surface area contributed by atoms with Gasteiger partial charge in [0.25, 0.3) is 0 Å². The smallest absolute Gasteiger partial charge is 0.344 e. The Morgan fingerprint density at radius 2 is 1.97 bits per heavy atom. The molecule has 9 heteroatoms. The second-order valence-corrected chi connectivity index (χ2v) is 7.33. The third-order valence-corrected chi connectivity index (χ3v) is 5.52. The second kappa shape index (κ2) is 7.90. The van der Waals surface area contributed by atoms with Crippen LogP contribution in [-0.2, 0) is 14.3 Å². The number of halogens is 1. The van der Waals surface area contributed by atoms with Gasteiger partial charge in [0.05, 0.1) is 14.2 Å². The number of benzene rings is 2. The van der Waals surface area contributed by atoms with E-state index < -0.39 is 30.0 Å². The van der Waals surface area contributed by atoms with Crippen LogP contribution in [0.2, 0.25) is 0 Å². The van der Waals surface area contributed by atoms with E-state index in [0.29, 0.717) is 16.9 Å². The third-order valence-electron chi connectivity index (χ3n) is 5.52. The molecule has 0 aromatic heterocycles. The van der Waals surface area contributed by atoms with Gasteiger partial charge in [0.1, 0.15) is 17.4 Å². The van der Waals surface area contributed by atoms with E-state index in [0.717, 1.165) is 0 Å². The summed E-state index contributed by atoms with van der Waals surface area (Å²) in [7, 11) is 2.84. The van der Waals surface area contributed by atoms with Crippen LogP contribution in [0.3, 0.4) is 0 Å². The minimum atomic E-state index is -1.07. The molecule has 2 amide bonds. The summed E-state index contributed by atoms with van der Waals surface area (Å²) in [5.41, 5.74) is 1.31. The topological polar surface area (TPSA) is 94.2 Å². The van der Waals surface area contributed by atoms with Crippen molar-refractivity contribution >= 4 is 23.5 Å². The molecule has 0 spiro atoms. The first-order valence-corrected chi connectivity index (χ1v) is 9.69. The van der Waals surface area contributed by atoms with Gasteiger partial charge in [0.2, 0.25) is 18.0 Å². The van der Waals surface area contributed by atoms with Crippen molar-refractivity contribution in [2.45, 2.75) is 32.0 Å². The molecule has 8 nitrogen and oxygen atoms in total. The molecule has 2 unspecified atom stereocenters. The molecule has 0 aliphatic carbocycles. The van der Waals surface area contributed by atoms with E-state index in [4.69, 9.17) is 14.2 Å². The van der Waals surface area contributed by atoms with Gasteiger partial charge in [-0.25, -0.2) is 9.18 Å². The lowest BCUT2D eigenvalue weighted by atomic mass is 10.0. The summed E-state index contributed by atoms with van der Waals surface area (Å²) in [5.74, 6) is -1.38. The highest BCUT2D eigenvalue weighted by Crippen LogP contribution is 2.45. The van der Waals surface area contributed by atoms with Crippen LogP contribution in [0.15, 0.2) is 30.3 Å². The number of amides is 2. The van der Waals surface area contributed by atoms with Crippen molar-refractivity contribution in [3.63, 3.8) is 0 Å². The normalized spacial score (nSPS) is 19.8. The Kier molecular flexibility index (Phi) is 5.26. The zero-order valence-electron chi connectivity index (χ0n) is 17.2. The number of ether oxygens (including phenoxy) is 3. The van der Waals surface area contributed by atoms with Gasteiger partial charge in [-0.2, -0.15) is 0 Å². The monoisotopic (exact) mass is 428 g/mol. The Bertz CT molecular complexity index is 1090. The molecule has 0 radical (unpaired) electrons. The first-order valence-electron chi connectivity index (χ1n) is 9.69. The summed E-state index contributed by atoms with van der Waals surface area (Å²) in [4.78, 5) is 39.4. The number of anilines is 1. The van der Waals surface area contributed by atoms with Crippen molar-refractivity contribution in [3.05, 3.63) is 52.8 Å². The minimum Gasteiger partial charge on any atom is -0.493 e. The average molecular weight is 428 g/mol. The van der Waals surface area contributed by atoms with Gasteiger partial charge < -0.3 is 19.5 Å². The lowest BCUT2D eigenvalue weighted by Crippen LogP contribution is -2.43. The maximum atomic E-state index is 13.8. The van der Waals surface area contributed by atoms with Crippen molar-refractivity contribution in [3.8, 4) is 11.5 Å². The highest BCUT2D eigenvalue weighted by Gasteiger charge is 2.47. The van der Waals surface area contributed by atoms with E-state index in [9.17, 15) is 18.8 Å². The lowest BCUT2D eigenvalue weighted by Gasteiger charge is -2.29. The van der Waals surface area contributed by atoms with E-state index >= 15 is 0 Å². The summed E-state index contributed by atoms with van der Waals surface area (Å²) in [6, 6.07) is 6.70. The van der Waals surface area contributed by atoms with E-state index in [1.165, 1.54) is 25.2 Å². The predicted molar refractivity (Wildman–Crippen MR) is 107 cm³/mol. The van der Waals surface area contributed by atoms with Gasteiger partial charge in [-0.1, -0.05) is 6.07 Å². The highest BCUT2D eigenvalue weighted by atomic mass is 19.1. The molecular weight excluding hydrogens is 407 g/mol. The Morgan fingerprint density at radius 1 is 1.19 bits per heavy atom. The molecule has 0 saturated carbocycles. The second-order valence-electron chi connectivity index (χ2n) is 7.33. The number of nitrogens with zero attached hydrogens (tertiary/aromatic N) is 1. The molecule has 0 bridgehead atoms. The molecule has 2 aromatic carbocycles. The summed E-state index contributed by atoms with van der Waals surface area (Å²) in [6.45, 7) is 1.62. The molecule has 2 aliphatic heterocycles. The SMILES string of the molecule is COc1ccc2c(c1OC)C(=O)OC2N1C(=O)CCC1C(=O)Nc1ccc(C)c(F)c1. The quantitative estimate of drug-likeness (QED) is 0.736. The molecular formula is C22H21FN2O6. The third kappa shape index (κ3) is 3.45. The molecule has 2 aromatic rings. The van der Waals surface area contributed by atoms with Gasteiger partial charge in [0.15, 0.2) is 11.5 Å². The van der Waals surface area contributed by atoms with Crippen LogP contribution in [0.4, 0.5) is 10.1 Å². The Labute approximate surface area is 177 Å². The van der Waals surface area contributed by atoms with E-state index in [1.54, 1.807) is 31.2 Å². The van der Waals surface area contributed by atoms with Crippen molar-refractivity contribution in [2.75, 3.05) is 19.5 Å². The fraction of sp³-hybridized carbons (Fsp3) is 0.318. The Hall–Kier alpha value is -3.62. The van der Waals surface area contributed by atoms with Crippen molar-refractivity contribution < 1.29 is 33.0 Å². The van der Waals surface area contributed by atoms with Crippen LogP contribution < -0.4 is 14.8 Å². The Morgan fingerprint density at radius 3 is 2.65 bits per heavy atom. The fourth-order valence-corrected chi connectivity index (χ4v) is 3.94. The van der Waals surface area contributed by atoms with Gasteiger partial charge in [-0.05, 0) is 43.2 Å². The van der Waals surface area contributed by atoms with Crippen LogP contribution in [-0.4, -0.2) is 42.9 Å². The summed E-state index contributed by atoms with van der Waals surface area (Å²) in [5, 5.41) is 2.64. The van der Waals surface area contributed by atoms with Crippen LogP contribution in [0.1, 0.15) is 40.6 Å². The number of methoxy groups -OCH3 is 2. The van der Waals surface area contributed by atoms with Gasteiger partial charge >= 0.3 is 5.97 Å². The minimum absolute atomic E-state index is 0.122. The van der Waals surface area contributed by atoms with Crippen LogP contribution in [0, 0.1) is 12.7 Å². The van der Waals surface area contributed by atoms with E-state index in [-0.39, 0.29) is 35.7 Å². The fourth-order valence-electron chi connectivity index (χ4n) is 3.94. The first-order chi connectivity index (χ1) is 14.8. The number of fused-ring (bicyclic) bond motifs is 1. The van der Waals surface area contributed by atoms with Crippen LogP contribution >= 0.6 is 0 Å². The maximum Gasteiger partial charge on any atom is 0.344 e. The average Bonchev–Trinajstić information content (AvgIpc) is 3.29. The predicted octanol–water partition coefficient (Wildman–Crippen LogP) is 2.95. The Balaban J connectivity index is 1.64. The molecule has 1 fully saturated rings. The highest BCUT2D eigenvalue weighted by molar-refractivity contribution is 6.01. The molecule has 31 heavy (non-hydrogen) atoms. The number of nitrogens with one attached hydrogen (secondary N) is 1. The maximum absolute atomic E-state index is 13.8. The van der Waals surface area contributed by atoms with E-state index in [1.807, 2.05) is 0 Å².